The van der Waals surface area contributed by atoms with Crippen LogP contribution in [0.1, 0.15) is 13.3 Å². The highest BCUT2D eigenvalue weighted by Gasteiger charge is 2.22. The summed E-state index contributed by atoms with van der Waals surface area (Å²) in [5.41, 5.74) is -0.824. The molecule has 0 amide bonds. The largest absolute Gasteiger partial charge is 0.790 e. The maximum absolute atomic E-state index is 14.7. The number of nitrogens with zero attached hydrogens (tertiary/aromatic N) is 1. The molecule has 0 aliphatic heterocycles. The Hall–Kier alpha value is -2.78. The molecule has 0 aliphatic rings. The molecule has 3 rings (SSSR count). The summed E-state index contributed by atoms with van der Waals surface area (Å²) in [6.07, 6.45) is 1.72. The zero-order valence-electron chi connectivity index (χ0n) is 16.6. The fourth-order valence-corrected chi connectivity index (χ4v) is 3.30. The van der Waals surface area contributed by atoms with Crippen molar-refractivity contribution < 1.29 is 37.1 Å². The third-order valence-corrected chi connectivity index (χ3v) is 4.85. The molecule has 8 nitrogen and oxygen atoms in total. The number of hydrogen-bond acceptors (Lipinski definition) is 7. The van der Waals surface area contributed by atoms with Crippen LogP contribution in [-0.2, 0) is 15.8 Å². The van der Waals surface area contributed by atoms with Crippen LogP contribution in [0.25, 0.3) is 22.0 Å². The smallest absolute Gasteiger partial charge is 0.200 e. The summed E-state index contributed by atoms with van der Waals surface area (Å²) in [5, 5.41) is -0.658. The number of hydrogen-bond donors (Lipinski definition) is 0. The molecular weight excluding hydrogens is 435 g/mol. The molecule has 0 spiro atoms. The zero-order valence-corrected chi connectivity index (χ0v) is 17.5. The van der Waals surface area contributed by atoms with Crippen molar-refractivity contribution in [3.05, 3.63) is 58.4 Å². The maximum Gasteiger partial charge on any atom is 0.200 e. The summed E-state index contributed by atoms with van der Waals surface area (Å²) < 4.78 is 55.9. The molecule has 0 saturated carbocycles. The summed E-state index contributed by atoms with van der Waals surface area (Å²) in [7, 11) is -3.95. The van der Waals surface area contributed by atoms with Crippen LogP contribution in [0.5, 0.6) is 11.5 Å². The lowest BCUT2D eigenvalue weighted by molar-refractivity contribution is -0.344. The van der Waals surface area contributed by atoms with E-state index in [0.717, 1.165) is 10.6 Å². The Bertz CT molecular complexity index is 1210. The molecule has 0 radical (unpaired) electrons. The van der Waals surface area contributed by atoms with Gasteiger partial charge in [0, 0.05) is 17.8 Å². The van der Waals surface area contributed by atoms with Gasteiger partial charge in [-0.3, -0.25) is 4.79 Å². The van der Waals surface area contributed by atoms with E-state index in [-0.39, 0.29) is 23.4 Å². The molecule has 2 aromatic carbocycles. The normalized spacial score (nSPS) is 11.7. The molecule has 3 aromatic rings. The second-order valence-electron chi connectivity index (χ2n) is 6.52. The van der Waals surface area contributed by atoms with Crippen molar-refractivity contribution in [2.45, 2.75) is 20.1 Å². The topological polar surface area (TPSA) is 113 Å². The lowest BCUT2D eigenvalue weighted by Crippen LogP contribution is -2.20. The van der Waals surface area contributed by atoms with Gasteiger partial charge in [-0.05, 0) is 24.1 Å². The van der Waals surface area contributed by atoms with E-state index in [1.807, 2.05) is 0 Å². The SMILES string of the molecule is CCCOc1cc(F)c(F)c2c(=O)c(-c3ccc(OC)cc3)cn(COP(=O)([O-])[O-])c12. The van der Waals surface area contributed by atoms with Crippen LogP contribution in [0.3, 0.4) is 0 Å². The third-order valence-electron chi connectivity index (χ3n) is 4.42. The van der Waals surface area contributed by atoms with Crippen LogP contribution in [0.2, 0.25) is 0 Å². The van der Waals surface area contributed by atoms with Gasteiger partial charge in [0.15, 0.2) is 17.1 Å². The number of phosphoric ester groups is 1. The van der Waals surface area contributed by atoms with Crippen LogP contribution in [0.4, 0.5) is 8.78 Å². The number of rotatable bonds is 8. The molecule has 0 N–H and O–H groups in total. The first-order valence-electron chi connectivity index (χ1n) is 9.15. The fourth-order valence-electron chi connectivity index (χ4n) is 3.03. The molecule has 0 atom stereocenters. The van der Waals surface area contributed by atoms with Crippen molar-refractivity contribution in [1.82, 2.24) is 4.57 Å². The van der Waals surface area contributed by atoms with Gasteiger partial charge < -0.3 is 32.9 Å². The second kappa shape index (κ2) is 9.15. The van der Waals surface area contributed by atoms with Crippen molar-refractivity contribution in [2.24, 2.45) is 0 Å². The fraction of sp³-hybridized carbons (Fsp3) is 0.250. The predicted octanol–water partition coefficient (Wildman–Crippen LogP) is 2.55. The molecular formula is C20H18F2NO7P-2. The van der Waals surface area contributed by atoms with Gasteiger partial charge in [0.1, 0.15) is 18.2 Å². The van der Waals surface area contributed by atoms with Gasteiger partial charge in [0.25, 0.3) is 0 Å². The Morgan fingerprint density at radius 2 is 1.84 bits per heavy atom. The number of fused-ring (bicyclic) bond motifs is 1. The summed E-state index contributed by atoms with van der Waals surface area (Å²) in [4.78, 5) is 35.1. The molecule has 166 valence electrons. The highest BCUT2D eigenvalue weighted by atomic mass is 31.2. The molecule has 0 aliphatic carbocycles. The lowest BCUT2D eigenvalue weighted by Gasteiger charge is -2.29. The number of benzene rings is 2. The van der Waals surface area contributed by atoms with Crippen molar-refractivity contribution in [3.8, 4) is 22.6 Å². The number of ether oxygens (including phenoxy) is 2. The van der Waals surface area contributed by atoms with E-state index in [4.69, 9.17) is 9.47 Å². The number of aromatic nitrogens is 1. The molecule has 1 heterocycles. The predicted molar refractivity (Wildman–Crippen MR) is 105 cm³/mol. The van der Waals surface area contributed by atoms with Crippen LogP contribution in [0.15, 0.2) is 41.3 Å². The van der Waals surface area contributed by atoms with E-state index in [9.17, 15) is 27.9 Å². The van der Waals surface area contributed by atoms with Gasteiger partial charge in [-0.2, -0.15) is 0 Å². The minimum atomic E-state index is -5.40. The number of phosphoric acid groups is 1. The standard InChI is InChI=1S/C20H20F2NO7P/c1-3-8-29-16-9-15(21)18(22)17-19(16)23(11-30-31(25,26)27)10-14(20(17)24)12-4-6-13(28-2)7-5-12/h4-7,9-10H,3,8,11H2,1-2H3,(H2,25,26,27)/p-2. The van der Waals surface area contributed by atoms with Gasteiger partial charge in [-0.25, -0.2) is 8.78 Å². The van der Waals surface area contributed by atoms with Crippen LogP contribution in [0, 0.1) is 11.6 Å². The Morgan fingerprint density at radius 1 is 1.16 bits per heavy atom. The van der Waals surface area contributed by atoms with Crippen molar-refractivity contribution in [2.75, 3.05) is 13.7 Å². The van der Waals surface area contributed by atoms with E-state index >= 15 is 0 Å². The highest BCUT2D eigenvalue weighted by Crippen LogP contribution is 2.33. The zero-order chi connectivity index (χ0) is 22.8. The molecule has 1 aromatic heterocycles. The Balaban J connectivity index is 2.33. The highest BCUT2D eigenvalue weighted by molar-refractivity contribution is 7.43. The quantitative estimate of drug-likeness (QED) is 0.482. The summed E-state index contributed by atoms with van der Waals surface area (Å²) >= 11 is 0. The van der Waals surface area contributed by atoms with Crippen molar-refractivity contribution in [3.63, 3.8) is 0 Å². The van der Waals surface area contributed by atoms with E-state index < -0.39 is 37.0 Å². The number of methoxy groups -OCH3 is 1. The molecule has 0 fully saturated rings. The van der Waals surface area contributed by atoms with Crippen molar-refractivity contribution in [1.29, 1.82) is 0 Å². The molecule has 31 heavy (non-hydrogen) atoms. The monoisotopic (exact) mass is 453 g/mol. The van der Waals surface area contributed by atoms with E-state index in [1.54, 1.807) is 19.1 Å². The Morgan fingerprint density at radius 3 is 2.42 bits per heavy atom. The maximum atomic E-state index is 14.7. The molecule has 0 bridgehead atoms. The summed E-state index contributed by atoms with van der Waals surface area (Å²) in [6, 6.07) is 6.90. The average Bonchev–Trinajstić information content (AvgIpc) is 2.73. The van der Waals surface area contributed by atoms with Crippen molar-refractivity contribution >= 4 is 18.7 Å². The summed E-state index contributed by atoms with van der Waals surface area (Å²) in [5.74, 6) is -2.43. The minimum Gasteiger partial charge on any atom is -0.790 e. The first-order valence-corrected chi connectivity index (χ1v) is 10.6. The average molecular weight is 453 g/mol. The van der Waals surface area contributed by atoms with Crippen LogP contribution < -0.4 is 24.7 Å². The van der Waals surface area contributed by atoms with E-state index in [2.05, 4.69) is 4.52 Å². The van der Waals surface area contributed by atoms with Gasteiger partial charge in [0.05, 0.1) is 32.4 Å². The number of pyridine rings is 1. The molecule has 0 saturated heterocycles. The third kappa shape index (κ3) is 4.94. The van der Waals surface area contributed by atoms with Gasteiger partial charge in [0.2, 0.25) is 0 Å². The Labute approximate surface area is 175 Å². The first kappa shape index (κ1) is 22.9. The molecule has 11 heteroatoms. The van der Waals surface area contributed by atoms with Crippen LogP contribution in [-0.4, -0.2) is 18.3 Å². The van der Waals surface area contributed by atoms with E-state index in [1.165, 1.54) is 25.4 Å². The minimum absolute atomic E-state index is 0.0728. The lowest BCUT2D eigenvalue weighted by atomic mass is 10.0. The van der Waals surface area contributed by atoms with Gasteiger partial charge in [-0.1, -0.05) is 19.1 Å². The number of halogens is 2. The van der Waals surface area contributed by atoms with E-state index in [0.29, 0.717) is 17.7 Å². The summed E-state index contributed by atoms with van der Waals surface area (Å²) in [6.45, 7) is 1.04. The Kier molecular flexibility index (Phi) is 6.76. The molecule has 0 unspecified atom stereocenters. The van der Waals surface area contributed by atoms with Crippen LogP contribution >= 0.6 is 7.82 Å². The van der Waals surface area contributed by atoms with Gasteiger partial charge in [-0.15, -0.1) is 0 Å². The first-order chi connectivity index (χ1) is 14.7. The van der Waals surface area contributed by atoms with Gasteiger partial charge >= 0.3 is 0 Å². The second-order valence-corrected chi connectivity index (χ2v) is 7.67.